The summed E-state index contributed by atoms with van der Waals surface area (Å²) in [6.07, 6.45) is 4.81. The van der Waals surface area contributed by atoms with E-state index in [1.165, 1.54) is 5.56 Å². The molecule has 2 N–H and O–H groups in total. The third kappa shape index (κ3) is 4.98. The van der Waals surface area contributed by atoms with Crippen molar-refractivity contribution in [3.8, 4) is 0 Å². The minimum Gasteiger partial charge on any atom is -0.355 e. The lowest BCUT2D eigenvalue weighted by Gasteiger charge is -2.40. The van der Waals surface area contributed by atoms with E-state index in [0.29, 0.717) is 25.3 Å². The van der Waals surface area contributed by atoms with Crippen molar-refractivity contribution in [1.29, 1.82) is 0 Å². The van der Waals surface area contributed by atoms with E-state index in [9.17, 15) is 14.4 Å². The van der Waals surface area contributed by atoms with Gasteiger partial charge in [-0.05, 0) is 55.4 Å². The first-order valence-electron chi connectivity index (χ1n) is 10.7. The van der Waals surface area contributed by atoms with Gasteiger partial charge in [-0.2, -0.15) is 0 Å². The zero-order chi connectivity index (χ0) is 21.1. The molecule has 0 atom stereocenters. The monoisotopic (exact) mass is 399 g/mol. The molecule has 1 aliphatic heterocycles. The molecule has 1 saturated heterocycles. The highest BCUT2D eigenvalue weighted by Gasteiger charge is 2.53. The summed E-state index contributed by atoms with van der Waals surface area (Å²) in [7, 11) is 0. The highest BCUT2D eigenvalue weighted by Crippen LogP contribution is 2.43. The van der Waals surface area contributed by atoms with Crippen molar-refractivity contribution in [2.75, 3.05) is 13.1 Å². The number of aryl methyl sites for hydroxylation is 1. The van der Waals surface area contributed by atoms with E-state index >= 15 is 0 Å². The molecule has 0 unspecified atom stereocenters. The first kappa shape index (κ1) is 21.3. The normalized spacial score (nSPS) is 24.7. The van der Waals surface area contributed by atoms with Gasteiger partial charge in [0.1, 0.15) is 12.1 Å². The standard InChI is InChI=1S/C23H33N3O3/c1-22(2,3)18-11-13-23(14-12-18)20(28)26(21(29)25-23)16-19(27)24-15-7-10-17-8-5-4-6-9-17/h4-6,8-9,18H,7,10-16H2,1-3H3,(H,24,27)(H,25,29). The molecule has 1 aliphatic carbocycles. The smallest absolute Gasteiger partial charge is 0.325 e. The Hall–Kier alpha value is -2.37. The maximum atomic E-state index is 13.0. The Morgan fingerprint density at radius 3 is 2.45 bits per heavy atom. The van der Waals surface area contributed by atoms with Crippen molar-refractivity contribution in [2.24, 2.45) is 11.3 Å². The topological polar surface area (TPSA) is 78.5 Å². The first-order chi connectivity index (χ1) is 13.7. The first-order valence-corrected chi connectivity index (χ1v) is 10.7. The molecule has 1 aromatic carbocycles. The highest BCUT2D eigenvalue weighted by molar-refractivity contribution is 6.09. The van der Waals surface area contributed by atoms with Crippen LogP contribution in [0.2, 0.25) is 0 Å². The van der Waals surface area contributed by atoms with E-state index in [4.69, 9.17) is 0 Å². The number of amides is 4. The van der Waals surface area contributed by atoms with Crippen LogP contribution in [0.25, 0.3) is 0 Å². The quantitative estimate of drug-likeness (QED) is 0.569. The summed E-state index contributed by atoms with van der Waals surface area (Å²) in [4.78, 5) is 38.7. The summed E-state index contributed by atoms with van der Waals surface area (Å²) in [5.74, 6) is 0.0103. The van der Waals surface area contributed by atoms with Gasteiger partial charge < -0.3 is 10.6 Å². The summed E-state index contributed by atoms with van der Waals surface area (Å²) in [5.41, 5.74) is 0.614. The van der Waals surface area contributed by atoms with Crippen LogP contribution in [0.1, 0.15) is 58.4 Å². The lowest BCUT2D eigenvalue weighted by atomic mass is 9.67. The third-order valence-electron chi connectivity index (χ3n) is 6.42. The molecule has 3 rings (SSSR count). The van der Waals surface area contributed by atoms with Crippen molar-refractivity contribution in [2.45, 2.75) is 64.8 Å². The molecule has 0 bridgehead atoms. The molecular weight excluding hydrogens is 366 g/mol. The number of nitrogens with one attached hydrogen (secondary N) is 2. The van der Waals surface area contributed by atoms with Gasteiger partial charge in [0, 0.05) is 6.54 Å². The van der Waals surface area contributed by atoms with Crippen molar-refractivity contribution in [3.05, 3.63) is 35.9 Å². The summed E-state index contributed by atoms with van der Waals surface area (Å²) >= 11 is 0. The molecule has 4 amide bonds. The molecule has 1 saturated carbocycles. The second kappa shape index (κ2) is 8.56. The second-order valence-electron chi connectivity index (χ2n) is 9.48. The molecule has 29 heavy (non-hydrogen) atoms. The molecular formula is C23H33N3O3. The number of nitrogens with zero attached hydrogens (tertiary/aromatic N) is 1. The highest BCUT2D eigenvalue weighted by atomic mass is 16.2. The number of carbonyl (C=O) groups is 3. The molecule has 6 heteroatoms. The molecule has 1 heterocycles. The summed E-state index contributed by atoms with van der Waals surface area (Å²) in [6, 6.07) is 9.65. The van der Waals surface area contributed by atoms with Crippen molar-refractivity contribution < 1.29 is 14.4 Å². The molecule has 2 fully saturated rings. The Morgan fingerprint density at radius 1 is 1.17 bits per heavy atom. The predicted octanol–water partition coefficient (Wildman–Crippen LogP) is 3.26. The van der Waals surface area contributed by atoms with E-state index in [0.717, 1.165) is 30.6 Å². The minimum atomic E-state index is -0.813. The number of imide groups is 1. The van der Waals surface area contributed by atoms with E-state index in [2.05, 4.69) is 43.5 Å². The maximum absolute atomic E-state index is 13.0. The number of rotatable bonds is 6. The van der Waals surface area contributed by atoms with E-state index < -0.39 is 11.6 Å². The largest absolute Gasteiger partial charge is 0.355 e. The summed E-state index contributed by atoms with van der Waals surface area (Å²) < 4.78 is 0. The van der Waals surface area contributed by atoms with Gasteiger partial charge in [0.2, 0.25) is 5.91 Å². The summed E-state index contributed by atoms with van der Waals surface area (Å²) in [5, 5.41) is 5.72. The van der Waals surface area contributed by atoms with Gasteiger partial charge in [-0.15, -0.1) is 0 Å². The lowest BCUT2D eigenvalue weighted by molar-refractivity contribution is -0.136. The van der Waals surface area contributed by atoms with E-state index in [-0.39, 0.29) is 23.8 Å². The number of carbonyl (C=O) groups excluding carboxylic acids is 3. The van der Waals surface area contributed by atoms with Gasteiger partial charge in [0.05, 0.1) is 0 Å². The molecule has 0 aromatic heterocycles. The van der Waals surface area contributed by atoms with Gasteiger partial charge in [0.25, 0.3) is 5.91 Å². The average Bonchev–Trinajstić information content (AvgIpc) is 2.90. The van der Waals surface area contributed by atoms with Crippen LogP contribution >= 0.6 is 0 Å². The summed E-state index contributed by atoms with van der Waals surface area (Å²) in [6.45, 7) is 6.98. The van der Waals surface area contributed by atoms with Gasteiger partial charge in [-0.1, -0.05) is 51.1 Å². The van der Waals surface area contributed by atoms with Crippen molar-refractivity contribution in [3.63, 3.8) is 0 Å². The minimum absolute atomic E-state index is 0.201. The number of hydrogen-bond acceptors (Lipinski definition) is 3. The van der Waals surface area contributed by atoms with Crippen LogP contribution in [-0.4, -0.2) is 41.4 Å². The number of hydrogen-bond donors (Lipinski definition) is 2. The van der Waals surface area contributed by atoms with Crippen LogP contribution in [0.5, 0.6) is 0 Å². The predicted molar refractivity (Wildman–Crippen MR) is 112 cm³/mol. The van der Waals surface area contributed by atoms with Crippen LogP contribution in [0.3, 0.4) is 0 Å². The Morgan fingerprint density at radius 2 is 1.83 bits per heavy atom. The van der Waals surface area contributed by atoms with Gasteiger partial charge in [0.15, 0.2) is 0 Å². The van der Waals surface area contributed by atoms with E-state index in [1.54, 1.807) is 0 Å². The van der Waals surface area contributed by atoms with Crippen LogP contribution in [0.15, 0.2) is 30.3 Å². The lowest BCUT2D eigenvalue weighted by Crippen LogP contribution is -2.51. The number of urea groups is 1. The SMILES string of the molecule is CC(C)(C)C1CCC2(CC1)NC(=O)N(CC(=O)NCCCc1ccccc1)C2=O. The second-order valence-corrected chi connectivity index (χ2v) is 9.48. The third-order valence-corrected chi connectivity index (χ3v) is 6.42. The van der Waals surface area contributed by atoms with Crippen LogP contribution in [-0.2, 0) is 16.0 Å². The molecule has 1 spiro atoms. The van der Waals surface area contributed by atoms with Gasteiger partial charge in [-0.25, -0.2) is 4.79 Å². The molecule has 6 nitrogen and oxygen atoms in total. The Kier molecular flexibility index (Phi) is 6.30. The van der Waals surface area contributed by atoms with Crippen LogP contribution < -0.4 is 10.6 Å². The van der Waals surface area contributed by atoms with Crippen LogP contribution in [0, 0.1) is 11.3 Å². The Bertz CT molecular complexity index is 746. The zero-order valence-corrected chi connectivity index (χ0v) is 17.8. The number of benzene rings is 1. The molecule has 158 valence electrons. The van der Waals surface area contributed by atoms with Crippen LogP contribution in [0.4, 0.5) is 4.79 Å². The fourth-order valence-corrected chi connectivity index (χ4v) is 4.50. The molecule has 1 aromatic rings. The van der Waals surface area contributed by atoms with Crippen molar-refractivity contribution in [1.82, 2.24) is 15.5 Å². The molecule has 2 aliphatic rings. The Labute approximate surface area is 173 Å². The fourth-order valence-electron chi connectivity index (χ4n) is 4.50. The average molecular weight is 400 g/mol. The van der Waals surface area contributed by atoms with Gasteiger partial charge >= 0.3 is 6.03 Å². The van der Waals surface area contributed by atoms with Crippen molar-refractivity contribution >= 4 is 17.8 Å². The zero-order valence-electron chi connectivity index (χ0n) is 17.8. The maximum Gasteiger partial charge on any atom is 0.325 e. The fraction of sp³-hybridized carbons (Fsp3) is 0.609. The van der Waals surface area contributed by atoms with Gasteiger partial charge in [-0.3, -0.25) is 14.5 Å². The Balaban J connectivity index is 1.47. The molecule has 0 radical (unpaired) electrons. The van der Waals surface area contributed by atoms with E-state index in [1.807, 2.05) is 18.2 Å².